The third-order valence-electron chi connectivity index (χ3n) is 3.75. The van der Waals surface area contributed by atoms with Gasteiger partial charge in [0.2, 0.25) is 5.91 Å². The van der Waals surface area contributed by atoms with Crippen LogP contribution in [0.5, 0.6) is 0 Å². The molecule has 2 N–H and O–H groups in total. The Hall–Kier alpha value is -2.13. The van der Waals surface area contributed by atoms with E-state index in [0.717, 1.165) is 22.4 Å². The van der Waals surface area contributed by atoms with E-state index in [1.807, 2.05) is 45.2 Å². The topological polar surface area (TPSA) is 46.3 Å². The van der Waals surface area contributed by atoms with E-state index in [1.165, 1.54) is 5.56 Å². The molecule has 0 radical (unpaired) electrons. The molecule has 2 rings (SSSR count). The number of hydrogen-bond acceptors (Lipinski definition) is 2. The second kappa shape index (κ2) is 6.55. The summed E-state index contributed by atoms with van der Waals surface area (Å²) in [6.45, 7) is 4.56. The molecule has 2 aromatic rings. The van der Waals surface area contributed by atoms with E-state index in [1.54, 1.807) is 4.90 Å². The van der Waals surface area contributed by atoms with Gasteiger partial charge in [0.1, 0.15) is 0 Å². The average molecular weight is 282 g/mol. The molecule has 0 aliphatic carbocycles. The molecular formula is C18H22N2O. The number of aryl methyl sites for hydroxylation is 2. The van der Waals surface area contributed by atoms with Gasteiger partial charge in [-0.2, -0.15) is 0 Å². The van der Waals surface area contributed by atoms with Crippen LogP contribution < -0.4 is 10.6 Å². The van der Waals surface area contributed by atoms with Gasteiger partial charge in [-0.05, 0) is 42.7 Å². The summed E-state index contributed by atoms with van der Waals surface area (Å²) in [5.41, 5.74) is 11.0. The van der Waals surface area contributed by atoms with E-state index in [2.05, 4.69) is 18.2 Å². The maximum atomic E-state index is 12.5. The molecule has 0 saturated heterocycles. The Morgan fingerprint density at radius 1 is 1.14 bits per heavy atom. The van der Waals surface area contributed by atoms with Crippen LogP contribution in [0.1, 0.15) is 22.3 Å². The van der Waals surface area contributed by atoms with Crippen molar-refractivity contribution in [3.05, 3.63) is 64.7 Å². The van der Waals surface area contributed by atoms with Gasteiger partial charge in [0.15, 0.2) is 0 Å². The van der Waals surface area contributed by atoms with Crippen LogP contribution in [-0.2, 0) is 17.8 Å². The SMILES string of the molecule is Cc1ccc(C)c(CC(=O)N(C)c2cccc(CN)c2)c1. The molecule has 0 aromatic heterocycles. The number of carbonyl (C=O) groups is 1. The number of rotatable bonds is 4. The van der Waals surface area contributed by atoms with Gasteiger partial charge in [-0.3, -0.25) is 4.79 Å². The monoisotopic (exact) mass is 282 g/mol. The normalized spacial score (nSPS) is 10.5. The molecule has 0 heterocycles. The molecule has 3 nitrogen and oxygen atoms in total. The quantitative estimate of drug-likeness (QED) is 0.937. The van der Waals surface area contributed by atoms with Crippen LogP contribution in [-0.4, -0.2) is 13.0 Å². The third kappa shape index (κ3) is 3.70. The van der Waals surface area contributed by atoms with Crippen LogP contribution >= 0.6 is 0 Å². The summed E-state index contributed by atoms with van der Waals surface area (Å²) in [6, 6.07) is 14.0. The standard InChI is InChI=1S/C18H22N2O/c1-13-7-8-14(2)16(9-13)11-18(21)20(3)17-6-4-5-15(10-17)12-19/h4-10H,11-12,19H2,1-3H3. The van der Waals surface area contributed by atoms with Gasteiger partial charge in [0.25, 0.3) is 0 Å². The zero-order valence-corrected chi connectivity index (χ0v) is 12.9. The Morgan fingerprint density at radius 3 is 2.62 bits per heavy atom. The number of nitrogens with two attached hydrogens (primary N) is 1. The van der Waals surface area contributed by atoms with Crippen molar-refractivity contribution >= 4 is 11.6 Å². The number of anilines is 1. The Bertz CT molecular complexity index is 649. The molecule has 3 heteroatoms. The summed E-state index contributed by atoms with van der Waals surface area (Å²) >= 11 is 0. The predicted octanol–water partition coefficient (Wildman–Crippen LogP) is 2.97. The van der Waals surface area contributed by atoms with Crippen molar-refractivity contribution in [2.24, 2.45) is 5.73 Å². The first-order chi connectivity index (χ1) is 10.0. The molecule has 2 aromatic carbocycles. The number of nitrogens with zero attached hydrogens (tertiary/aromatic N) is 1. The van der Waals surface area contributed by atoms with Crippen molar-refractivity contribution in [3.8, 4) is 0 Å². The molecule has 0 bridgehead atoms. The number of likely N-dealkylation sites (N-methyl/N-ethyl adjacent to an activating group) is 1. The summed E-state index contributed by atoms with van der Waals surface area (Å²) < 4.78 is 0. The van der Waals surface area contributed by atoms with E-state index in [4.69, 9.17) is 5.73 Å². The van der Waals surface area contributed by atoms with Gasteiger partial charge < -0.3 is 10.6 Å². The van der Waals surface area contributed by atoms with Crippen LogP contribution in [0.3, 0.4) is 0 Å². The first kappa shape index (κ1) is 15.3. The Balaban J connectivity index is 2.17. The fourth-order valence-electron chi connectivity index (χ4n) is 2.31. The first-order valence-electron chi connectivity index (χ1n) is 7.13. The molecule has 0 spiro atoms. The molecule has 0 unspecified atom stereocenters. The smallest absolute Gasteiger partial charge is 0.231 e. The van der Waals surface area contributed by atoms with Crippen molar-refractivity contribution in [1.29, 1.82) is 0 Å². The van der Waals surface area contributed by atoms with Gasteiger partial charge in [-0.25, -0.2) is 0 Å². The highest BCUT2D eigenvalue weighted by molar-refractivity contribution is 5.94. The Labute approximate surface area is 126 Å². The van der Waals surface area contributed by atoms with Crippen LogP contribution in [0, 0.1) is 13.8 Å². The Morgan fingerprint density at radius 2 is 1.90 bits per heavy atom. The van der Waals surface area contributed by atoms with Crippen molar-refractivity contribution in [3.63, 3.8) is 0 Å². The lowest BCUT2D eigenvalue weighted by molar-refractivity contribution is -0.117. The largest absolute Gasteiger partial charge is 0.326 e. The second-order valence-corrected chi connectivity index (χ2v) is 5.43. The van der Waals surface area contributed by atoms with Crippen molar-refractivity contribution < 1.29 is 4.79 Å². The average Bonchev–Trinajstić information content (AvgIpc) is 2.50. The minimum atomic E-state index is 0.0814. The van der Waals surface area contributed by atoms with Crippen molar-refractivity contribution in [2.75, 3.05) is 11.9 Å². The number of benzene rings is 2. The van der Waals surface area contributed by atoms with Gasteiger partial charge in [-0.15, -0.1) is 0 Å². The molecule has 0 saturated carbocycles. The zero-order valence-electron chi connectivity index (χ0n) is 12.9. The van der Waals surface area contributed by atoms with Gasteiger partial charge >= 0.3 is 0 Å². The molecule has 0 aliphatic heterocycles. The fraction of sp³-hybridized carbons (Fsp3) is 0.278. The molecule has 21 heavy (non-hydrogen) atoms. The van der Waals surface area contributed by atoms with Gasteiger partial charge in [0, 0.05) is 19.3 Å². The lowest BCUT2D eigenvalue weighted by Crippen LogP contribution is -2.28. The molecule has 1 amide bonds. The fourth-order valence-corrected chi connectivity index (χ4v) is 2.31. The summed E-state index contributed by atoms with van der Waals surface area (Å²) in [5, 5.41) is 0. The summed E-state index contributed by atoms with van der Waals surface area (Å²) in [4.78, 5) is 14.2. The maximum absolute atomic E-state index is 12.5. The van der Waals surface area contributed by atoms with Crippen LogP contribution in [0.2, 0.25) is 0 Å². The number of carbonyl (C=O) groups excluding carboxylic acids is 1. The van der Waals surface area contributed by atoms with E-state index in [-0.39, 0.29) is 5.91 Å². The van der Waals surface area contributed by atoms with Crippen molar-refractivity contribution in [1.82, 2.24) is 0 Å². The molecule has 110 valence electrons. The van der Waals surface area contributed by atoms with E-state index >= 15 is 0 Å². The van der Waals surface area contributed by atoms with Crippen LogP contribution in [0.25, 0.3) is 0 Å². The maximum Gasteiger partial charge on any atom is 0.231 e. The van der Waals surface area contributed by atoms with Crippen molar-refractivity contribution in [2.45, 2.75) is 26.8 Å². The number of amides is 1. The van der Waals surface area contributed by atoms with Gasteiger partial charge in [0.05, 0.1) is 6.42 Å². The highest BCUT2D eigenvalue weighted by Gasteiger charge is 2.13. The predicted molar refractivity (Wildman–Crippen MR) is 87.4 cm³/mol. The van der Waals surface area contributed by atoms with E-state index in [9.17, 15) is 4.79 Å². The zero-order chi connectivity index (χ0) is 15.4. The Kier molecular flexibility index (Phi) is 4.76. The molecule has 0 aliphatic rings. The molecular weight excluding hydrogens is 260 g/mol. The van der Waals surface area contributed by atoms with Crippen LogP contribution in [0.15, 0.2) is 42.5 Å². The summed E-state index contributed by atoms with van der Waals surface area (Å²) in [6.07, 6.45) is 0.414. The van der Waals surface area contributed by atoms with Crippen LogP contribution in [0.4, 0.5) is 5.69 Å². The van der Waals surface area contributed by atoms with E-state index < -0.39 is 0 Å². The number of hydrogen-bond donors (Lipinski definition) is 1. The lowest BCUT2D eigenvalue weighted by Gasteiger charge is -2.19. The minimum absolute atomic E-state index is 0.0814. The van der Waals surface area contributed by atoms with Gasteiger partial charge in [-0.1, -0.05) is 35.9 Å². The second-order valence-electron chi connectivity index (χ2n) is 5.43. The molecule has 0 atom stereocenters. The minimum Gasteiger partial charge on any atom is -0.326 e. The lowest BCUT2D eigenvalue weighted by atomic mass is 10.0. The third-order valence-corrected chi connectivity index (χ3v) is 3.75. The highest BCUT2D eigenvalue weighted by Crippen LogP contribution is 2.17. The first-order valence-corrected chi connectivity index (χ1v) is 7.13. The molecule has 0 fully saturated rings. The highest BCUT2D eigenvalue weighted by atomic mass is 16.2. The summed E-state index contributed by atoms with van der Waals surface area (Å²) in [7, 11) is 1.81. The van der Waals surface area contributed by atoms with E-state index in [0.29, 0.717) is 13.0 Å². The summed E-state index contributed by atoms with van der Waals surface area (Å²) in [5.74, 6) is 0.0814.